The molecule has 2 fully saturated rings. The maximum Gasteiger partial charge on any atom is 0.274 e. The van der Waals surface area contributed by atoms with Crippen molar-refractivity contribution in [1.82, 2.24) is 5.32 Å². The summed E-state index contributed by atoms with van der Waals surface area (Å²) in [5.74, 6) is -4.30. The van der Waals surface area contributed by atoms with Gasteiger partial charge >= 0.3 is 0 Å². The number of nitro benzene ring substituents is 1. The van der Waals surface area contributed by atoms with Gasteiger partial charge in [-0.05, 0) is 25.5 Å². The van der Waals surface area contributed by atoms with Crippen LogP contribution in [0.15, 0.2) is 42.5 Å². The summed E-state index contributed by atoms with van der Waals surface area (Å²) in [4.78, 5) is 64.0. The fourth-order valence-corrected chi connectivity index (χ4v) is 5.49. The minimum absolute atomic E-state index is 0.0439. The van der Waals surface area contributed by atoms with Crippen molar-refractivity contribution in [2.75, 3.05) is 10.2 Å². The number of nitro groups is 1. The number of fused-ring (bicyclic) bond motifs is 4. The molecule has 0 radical (unpaired) electrons. The summed E-state index contributed by atoms with van der Waals surface area (Å²) in [5, 5.41) is 17.4. The van der Waals surface area contributed by atoms with Gasteiger partial charge in [0.2, 0.25) is 23.6 Å². The average molecular weight is 463 g/mol. The standard InChI is InChI=1S/C23H21N5O6/c1-11-6-7-12(10-16(11)28(33)34)27-20(30)18-15(8-9-17(24)29)26-23(19(18)21(27)31)13-4-2-3-5-14(13)25-22(23)32/h2-7,10,15,18-19,26H,8-9H2,1H3,(H2,24,29)(H,25,32). The van der Waals surface area contributed by atoms with Gasteiger partial charge in [-0.1, -0.05) is 24.3 Å². The van der Waals surface area contributed by atoms with Crippen LogP contribution in [0.2, 0.25) is 0 Å². The van der Waals surface area contributed by atoms with Gasteiger partial charge in [0.25, 0.3) is 5.69 Å². The van der Waals surface area contributed by atoms with E-state index in [1.165, 1.54) is 18.2 Å². The normalized spacial score (nSPS) is 27.1. The average Bonchev–Trinajstić information content (AvgIpc) is 3.37. The topological polar surface area (TPSA) is 165 Å². The van der Waals surface area contributed by atoms with Crippen molar-refractivity contribution >= 4 is 40.7 Å². The first-order valence-corrected chi connectivity index (χ1v) is 10.8. The van der Waals surface area contributed by atoms with E-state index in [2.05, 4.69) is 10.6 Å². The summed E-state index contributed by atoms with van der Waals surface area (Å²) in [5.41, 5.74) is 5.10. The van der Waals surface area contributed by atoms with Gasteiger partial charge in [-0.2, -0.15) is 0 Å². The molecule has 11 nitrogen and oxygen atoms in total. The Morgan fingerprint density at radius 1 is 1.18 bits per heavy atom. The van der Waals surface area contributed by atoms with E-state index in [0.717, 1.165) is 4.90 Å². The molecule has 3 heterocycles. The number of amides is 4. The van der Waals surface area contributed by atoms with Gasteiger partial charge < -0.3 is 11.1 Å². The van der Waals surface area contributed by atoms with Crippen LogP contribution in [-0.2, 0) is 24.7 Å². The zero-order chi connectivity index (χ0) is 24.4. The summed E-state index contributed by atoms with van der Waals surface area (Å²) in [6.07, 6.45) is 0.103. The number of benzene rings is 2. The van der Waals surface area contributed by atoms with Crippen LogP contribution in [0.5, 0.6) is 0 Å². The monoisotopic (exact) mass is 463 g/mol. The maximum atomic E-state index is 13.8. The quantitative estimate of drug-likeness (QED) is 0.339. The molecular formula is C23H21N5O6. The number of carbonyl (C=O) groups excluding carboxylic acids is 4. The van der Waals surface area contributed by atoms with Crippen LogP contribution in [0.4, 0.5) is 17.1 Å². The molecule has 2 aromatic carbocycles. The van der Waals surface area contributed by atoms with E-state index in [1.807, 2.05) is 0 Å². The second-order valence-corrected chi connectivity index (χ2v) is 8.81. The Kier molecular flexibility index (Phi) is 4.76. The number of rotatable bonds is 5. The molecule has 4 unspecified atom stereocenters. The highest BCUT2D eigenvalue weighted by Gasteiger charge is 2.70. The van der Waals surface area contributed by atoms with Crippen molar-refractivity contribution in [2.24, 2.45) is 17.6 Å². The molecule has 0 aromatic heterocycles. The van der Waals surface area contributed by atoms with Crippen molar-refractivity contribution < 1.29 is 24.1 Å². The number of hydrogen-bond acceptors (Lipinski definition) is 7. The third-order valence-corrected chi connectivity index (χ3v) is 6.97. The Morgan fingerprint density at radius 3 is 2.62 bits per heavy atom. The summed E-state index contributed by atoms with van der Waals surface area (Å²) in [6, 6.07) is 10.3. The third-order valence-electron chi connectivity index (χ3n) is 6.97. The lowest BCUT2D eigenvalue weighted by molar-refractivity contribution is -0.385. The molecule has 11 heteroatoms. The molecular weight excluding hydrogens is 442 g/mol. The Labute approximate surface area is 193 Å². The molecule has 34 heavy (non-hydrogen) atoms. The molecule has 0 aliphatic carbocycles. The highest BCUT2D eigenvalue weighted by Crippen LogP contribution is 2.54. The van der Waals surface area contributed by atoms with Crippen LogP contribution in [0, 0.1) is 28.9 Å². The van der Waals surface area contributed by atoms with Crippen LogP contribution in [0.1, 0.15) is 24.0 Å². The van der Waals surface area contributed by atoms with E-state index in [0.29, 0.717) is 16.8 Å². The zero-order valence-corrected chi connectivity index (χ0v) is 18.1. The lowest BCUT2D eigenvalue weighted by Gasteiger charge is -2.29. The van der Waals surface area contributed by atoms with Gasteiger partial charge in [0.05, 0.1) is 22.4 Å². The van der Waals surface area contributed by atoms with E-state index in [-0.39, 0.29) is 24.2 Å². The maximum absolute atomic E-state index is 13.8. The van der Waals surface area contributed by atoms with Crippen molar-refractivity contribution in [3.63, 3.8) is 0 Å². The highest BCUT2D eigenvalue weighted by molar-refractivity contribution is 6.26. The molecule has 4 atom stereocenters. The largest absolute Gasteiger partial charge is 0.370 e. The first-order valence-electron chi connectivity index (χ1n) is 10.8. The van der Waals surface area contributed by atoms with E-state index in [1.54, 1.807) is 31.2 Å². The molecule has 0 saturated carbocycles. The molecule has 174 valence electrons. The molecule has 3 aliphatic rings. The number of nitrogens with zero attached hydrogens (tertiary/aromatic N) is 2. The number of primary amides is 1. The highest BCUT2D eigenvalue weighted by atomic mass is 16.6. The van der Waals surface area contributed by atoms with Gasteiger partial charge in [-0.3, -0.25) is 34.6 Å². The first-order chi connectivity index (χ1) is 16.2. The van der Waals surface area contributed by atoms with Crippen molar-refractivity contribution in [3.8, 4) is 0 Å². The van der Waals surface area contributed by atoms with Crippen molar-refractivity contribution in [3.05, 3.63) is 63.7 Å². The second-order valence-electron chi connectivity index (χ2n) is 8.81. The number of hydrogen-bond donors (Lipinski definition) is 3. The number of para-hydroxylation sites is 1. The minimum Gasteiger partial charge on any atom is -0.370 e. The molecule has 1 spiro atoms. The number of anilines is 2. The van der Waals surface area contributed by atoms with Gasteiger partial charge in [-0.15, -0.1) is 0 Å². The molecule has 3 aliphatic heterocycles. The number of aryl methyl sites for hydroxylation is 1. The predicted molar refractivity (Wildman–Crippen MR) is 119 cm³/mol. The number of nitrogens with two attached hydrogens (primary N) is 1. The molecule has 0 bridgehead atoms. The molecule has 4 amide bonds. The fraction of sp³-hybridized carbons (Fsp3) is 0.304. The fourth-order valence-electron chi connectivity index (χ4n) is 5.49. The van der Waals surface area contributed by atoms with Gasteiger partial charge in [0.15, 0.2) is 0 Å². The SMILES string of the molecule is Cc1ccc(N2C(=O)C3C(CCC(N)=O)NC4(C(=O)Nc5ccccc54)C3C2=O)cc1[N+](=O)[O-]. The number of carbonyl (C=O) groups is 4. The van der Waals surface area contributed by atoms with E-state index < -0.39 is 52.0 Å². The van der Waals surface area contributed by atoms with Crippen molar-refractivity contribution in [2.45, 2.75) is 31.3 Å². The van der Waals surface area contributed by atoms with Crippen LogP contribution < -0.4 is 21.3 Å². The smallest absolute Gasteiger partial charge is 0.274 e. The van der Waals surface area contributed by atoms with Gasteiger partial charge in [0.1, 0.15) is 5.54 Å². The Balaban J connectivity index is 1.64. The van der Waals surface area contributed by atoms with Gasteiger partial charge in [-0.25, -0.2) is 4.90 Å². The third kappa shape index (κ3) is 2.86. The van der Waals surface area contributed by atoms with E-state index in [9.17, 15) is 29.3 Å². The minimum atomic E-state index is -1.51. The van der Waals surface area contributed by atoms with E-state index in [4.69, 9.17) is 5.73 Å². The molecule has 2 saturated heterocycles. The van der Waals surface area contributed by atoms with Crippen molar-refractivity contribution in [1.29, 1.82) is 0 Å². The zero-order valence-electron chi connectivity index (χ0n) is 18.1. The first kappa shape index (κ1) is 21.7. The lowest BCUT2D eigenvalue weighted by atomic mass is 9.76. The van der Waals surface area contributed by atoms with Crippen LogP contribution in [0.25, 0.3) is 0 Å². The second kappa shape index (κ2) is 7.45. The Hall–Kier alpha value is -4.12. The molecule has 4 N–H and O–H groups in total. The summed E-state index contributed by atoms with van der Waals surface area (Å²) in [6.45, 7) is 1.56. The van der Waals surface area contributed by atoms with Gasteiger partial charge in [0, 0.05) is 35.3 Å². The molecule has 2 aromatic rings. The van der Waals surface area contributed by atoms with Crippen LogP contribution in [-0.4, -0.2) is 34.6 Å². The summed E-state index contributed by atoms with van der Waals surface area (Å²) in [7, 11) is 0. The molecule has 5 rings (SSSR count). The van der Waals surface area contributed by atoms with E-state index >= 15 is 0 Å². The summed E-state index contributed by atoms with van der Waals surface area (Å²) >= 11 is 0. The van der Waals surface area contributed by atoms with Crippen LogP contribution >= 0.6 is 0 Å². The Morgan fingerprint density at radius 2 is 1.91 bits per heavy atom. The lowest BCUT2D eigenvalue weighted by Crippen LogP contribution is -2.53. The number of imide groups is 1. The van der Waals surface area contributed by atoms with Crippen LogP contribution in [0.3, 0.4) is 0 Å². The number of nitrogens with one attached hydrogen (secondary N) is 2. The summed E-state index contributed by atoms with van der Waals surface area (Å²) < 4.78 is 0. The predicted octanol–water partition coefficient (Wildman–Crippen LogP) is 1.09. The Bertz CT molecular complexity index is 1290.